The number of thiazole rings is 1. The van der Waals surface area contributed by atoms with Crippen LogP contribution in [0.1, 0.15) is 58.6 Å². The number of rotatable bonds is 17. The number of likely N-dealkylation sites (tertiary alicyclic amines) is 1. The first-order chi connectivity index (χ1) is 35.0. The third-order valence-corrected chi connectivity index (χ3v) is 15.4. The van der Waals surface area contributed by atoms with Gasteiger partial charge in [0, 0.05) is 93.7 Å². The van der Waals surface area contributed by atoms with Gasteiger partial charge in [0.15, 0.2) is 0 Å². The molecule has 2 saturated heterocycles. The fraction of sp³-hybridized carbons (Fsp3) is 0.345. The molecule has 15 nitrogen and oxygen atoms in total. The van der Waals surface area contributed by atoms with E-state index in [1.807, 2.05) is 86.9 Å². The third-order valence-electron chi connectivity index (χ3n) is 14.1. The number of aliphatic hydroxyl groups is 1. The second kappa shape index (κ2) is 21.6. The van der Waals surface area contributed by atoms with Crippen molar-refractivity contribution >= 4 is 57.5 Å². The molecule has 0 spiro atoms. The number of carbonyl (C=O) groups excluding carboxylic acids is 3. The van der Waals surface area contributed by atoms with Crippen molar-refractivity contribution in [1.82, 2.24) is 44.9 Å². The van der Waals surface area contributed by atoms with E-state index in [1.165, 1.54) is 10.5 Å². The van der Waals surface area contributed by atoms with Crippen molar-refractivity contribution in [2.24, 2.45) is 5.92 Å². The van der Waals surface area contributed by atoms with Gasteiger partial charge in [0.2, 0.25) is 11.8 Å². The van der Waals surface area contributed by atoms with Gasteiger partial charge in [-0.3, -0.25) is 24.2 Å². The maximum atomic E-state index is 14.3. The van der Waals surface area contributed by atoms with Gasteiger partial charge in [-0.2, -0.15) is 0 Å². The minimum Gasteiger partial charge on any atom is -0.492 e. The number of aliphatic hydroxyl groups excluding tert-OH is 1. The van der Waals surface area contributed by atoms with Crippen LogP contribution in [-0.4, -0.2) is 126 Å². The maximum absolute atomic E-state index is 14.3. The minimum absolute atomic E-state index is 0.0177. The van der Waals surface area contributed by atoms with E-state index in [2.05, 4.69) is 70.7 Å². The van der Waals surface area contributed by atoms with Crippen LogP contribution in [0.4, 0.5) is 5.82 Å². The average molecular weight is 1010 g/mol. The molecule has 3 atom stereocenters. The summed E-state index contributed by atoms with van der Waals surface area (Å²) >= 11 is 7.96. The van der Waals surface area contributed by atoms with Gasteiger partial charge in [-0.15, -0.1) is 11.3 Å². The molecule has 4 N–H and O–H groups in total. The number of ether oxygens (including phenoxy) is 1. The second-order valence-electron chi connectivity index (χ2n) is 19.3. The highest BCUT2D eigenvalue weighted by atomic mass is 35.5. The van der Waals surface area contributed by atoms with Crippen molar-refractivity contribution < 1.29 is 24.2 Å². The van der Waals surface area contributed by atoms with Crippen molar-refractivity contribution in [3.8, 4) is 27.4 Å². The van der Waals surface area contributed by atoms with Crippen LogP contribution in [0, 0.1) is 12.8 Å². The number of hydrogen-bond donors (Lipinski definition) is 4. The van der Waals surface area contributed by atoms with Crippen molar-refractivity contribution in [2.75, 3.05) is 51.2 Å². The number of β-amino-alcohol motifs (C(OH)–C–C–N with tert-alkyl or cyclic N) is 1. The predicted octanol–water partition coefficient (Wildman–Crippen LogP) is 7.78. The van der Waals surface area contributed by atoms with Crippen LogP contribution in [0.15, 0.2) is 109 Å². The number of aryl methyl sites for hydroxylation is 1. The first kappa shape index (κ1) is 48.9. The van der Waals surface area contributed by atoms with Crippen LogP contribution in [0.25, 0.3) is 32.7 Å². The SMILES string of the molecule is Cc1ncsc1-c1ccc(CNC(=O)C2CC(O)CN2C(=O)[C@H](C(C)C)N2Cc3ccccc3C2=O)c(OCCN2CCN(Cc3ccc(-c4cc5c(NCc6ccccc6Cl)ncnc5[nH]4)cc3)CC2)c1. The number of aromatic amines is 1. The molecule has 7 aromatic rings. The Hall–Kier alpha value is -6.69. The summed E-state index contributed by atoms with van der Waals surface area (Å²) in [6.45, 7) is 12.6. The zero-order valence-corrected chi connectivity index (χ0v) is 42.3. The smallest absolute Gasteiger partial charge is 0.255 e. The third kappa shape index (κ3) is 10.6. The summed E-state index contributed by atoms with van der Waals surface area (Å²) in [5.41, 5.74) is 11.1. The number of piperazine rings is 1. The van der Waals surface area contributed by atoms with Crippen LogP contribution < -0.4 is 15.4 Å². The number of aromatic nitrogens is 4. The van der Waals surface area contributed by atoms with Gasteiger partial charge in [-0.1, -0.05) is 98.2 Å². The summed E-state index contributed by atoms with van der Waals surface area (Å²) in [6, 6.07) is 30.3. The van der Waals surface area contributed by atoms with Gasteiger partial charge >= 0.3 is 0 Å². The normalized spacial score (nSPS) is 17.7. The Bertz CT molecular complexity index is 3080. The molecule has 0 radical (unpaired) electrons. The fourth-order valence-electron chi connectivity index (χ4n) is 10.2. The molecule has 3 aliphatic heterocycles. The summed E-state index contributed by atoms with van der Waals surface area (Å²) in [6.07, 6.45) is 0.807. The molecular weight excluding hydrogens is 948 g/mol. The summed E-state index contributed by atoms with van der Waals surface area (Å²) in [7, 11) is 0. The minimum atomic E-state index is -0.889. The fourth-order valence-corrected chi connectivity index (χ4v) is 11.2. The number of anilines is 1. The number of halogens is 1. The highest BCUT2D eigenvalue weighted by molar-refractivity contribution is 7.13. The number of carbonyl (C=O) groups is 3. The van der Waals surface area contributed by atoms with Crippen LogP contribution in [0.2, 0.25) is 5.02 Å². The van der Waals surface area contributed by atoms with E-state index in [1.54, 1.807) is 28.6 Å². The lowest BCUT2D eigenvalue weighted by Gasteiger charge is -2.35. The van der Waals surface area contributed by atoms with E-state index in [0.717, 1.165) is 100 Å². The summed E-state index contributed by atoms with van der Waals surface area (Å²) in [5, 5.41) is 18.9. The largest absolute Gasteiger partial charge is 0.492 e. The van der Waals surface area contributed by atoms with Gasteiger partial charge in [0.25, 0.3) is 5.91 Å². The molecule has 0 saturated carbocycles. The maximum Gasteiger partial charge on any atom is 0.255 e. The molecule has 372 valence electrons. The number of fused-ring (bicyclic) bond motifs is 2. The average Bonchev–Trinajstić information content (AvgIpc) is 4.19. The van der Waals surface area contributed by atoms with Crippen molar-refractivity contribution in [1.29, 1.82) is 0 Å². The van der Waals surface area contributed by atoms with E-state index < -0.39 is 18.2 Å². The Morgan fingerprint density at radius 3 is 2.43 bits per heavy atom. The molecule has 0 bridgehead atoms. The highest BCUT2D eigenvalue weighted by Gasteiger charge is 2.46. The molecule has 2 unspecified atom stereocenters. The molecule has 3 amide bonds. The molecule has 3 aliphatic rings. The van der Waals surface area contributed by atoms with Crippen LogP contribution in [0.3, 0.4) is 0 Å². The van der Waals surface area contributed by atoms with Crippen LogP contribution in [-0.2, 0) is 35.8 Å². The molecule has 6 heterocycles. The monoisotopic (exact) mass is 1010 g/mol. The number of amides is 3. The predicted molar refractivity (Wildman–Crippen MR) is 281 cm³/mol. The van der Waals surface area contributed by atoms with E-state index in [9.17, 15) is 19.5 Å². The summed E-state index contributed by atoms with van der Waals surface area (Å²) in [4.78, 5) is 67.8. The number of benzene rings is 4. The molecule has 72 heavy (non-hydrogen) atoms. The molecule has 3 aromatic heterocycles. The van der Waals surface area contributed by atoms with E-state index in [-0.39, 0.29) is 43.1 Å². The van der Waals surface area contributed by atoms with Crippen molar-refractivity contribution in [2.45, 2.75) is 71.6 Å². The zero-order valence-electron chi connectivity index (χ0n) is 40.7. The van der Waals surface area contributed by atoms with Gasteiger partial charge in [-0.05, 0) is 64.9 Å². The highest BCUT2D eigenvalue weighted by Crippen LogP contribution is 2.34. The first-order valence-corrected chi connectivity index (χ1v) is 25.9. The standard InChI is InChI=1S/C55H59ClN10O5S/c1-34(2)49(66-30-41-9-4-6-10-43(41)54(66)69)55(70)65-31-42(67)25-47(65)53(68)58-28-40-17-16-38(50-35(3)61-33-72-50)24-48(40)71-23-22-63-18-20-64(21-19-63)29-36-12-14-37(15-13-36)46-26-44-51(59-32-60-52(44)62-46)57-27-39-8-5-7-11-45(39)56/h4-17,24,26,32-34,42,47,49,67H,18-23,25,27-31H2,1-3H3,(H,58,68)(H2,57,59,60,62)/t42?,47?,49-/m0/s1. The molecule has 17 heteroatoms. The number of hydrogen-bond acceptors (Lipinski definition) is 12. The van der Waals surface area contributed by atoms with Crippen molar-refractivity contribution in [3.05, 3.63) is 147 Å². The summed E-state index contributed by atoms with van der Waals surface area (Å²) < 4.78 is 6.55. The van der Waals surface area contributed by atoms with Gasteiger partial charge in [0.05, 0.1) is 27.6 Å². The molecule has 0 aliphatic carbocycles. The lowest BCUT2D eigenvalue weighted by atomic mass is 10.0. The molecule has 2 fully saturated rings. The molecule has 4 aromatic carbocycles. The quantitative estimate of drug-likeness (QED) is 0.0703. The Morgan fingerprint density at radius 1 is 0.903 bits per heavy atom. The van der Waals surface area contributed by atoms with E-state index in [4.69, 9.17) is 16.3 Å². The topological polar surface area (TPSA) is 172 Å². The van der Waals surface area contributed by atoms with Crippen LogP contribution >= 0.6 is 22.9 Å². The second-order valence-corrected chi connectivity index (χ2v) is 20.5. The lowest BCUT2D eigenvalue weighted by molar-refractivity contribution is -0.143. The zero-order chi connectivity index (χ0) is 49.9. The van der Waals surface area contributed by atoms with E-state index in [0.29, 0.717) is 36.0 Å². The Balaban J connectivity index is 0.732. The number of nitrogens with zero attached hydrogens (tertiary/aromatic N) is 7. The van der Waals surface area contributed by atoms with Gasteiger partial charge in [0.1, 0.15) is 42.2 Å². The van der Waals surface area contributed by atoms with E-state index >= 15 is 0 Å². The lowest BCUT2D eigenvalue weighted by Crippen LogP contribution is -2.55. The number of nitrogens with one attached hydrogen (secondary N) is 3. The summed E-state index contributed by atoms with van der Waals surface area (Å²) in [5.74, 6) is 0.305. The van der Waals surface area contributed by atoms with Crippen LogP contribution in [0.5, 0.6) is 5.75 Å². The Morgan fingerprint density at radius 2 is 1.67 bits per heavy atom. The van der Waals surface area contributed by atoms with Crippen molar-refractivity contribution in [3.63, 3.8) is 0 Å². The molecular formula is C55H59ClN10O5S. The Labute approximate surface area is 428 Å². The first-order valence-electron chi connectivity index (χ1n) is 24.6. The molecule has 10 rings (SSSR count). The van der Waals surface area contributed by atoms with Gasteiger partial charge < -0.3 is 35.3 Å². The number of H-pyrrole nitrogens is 1. The van der Waals surface area contributed by atoms with Gasteiger partial charge in [-0.25, -0.2) is 15.0 Å². The Kier molecular flexibility index (Phi) is 14.7.